The largest absolute Gasteiger partial charge is 0.354 e. The minimum atomic E-state index is -0.432. The van der Waals surface area contributed by atoms with Crippen molar-refractivity contribution in [1.82, 2.24) is 5.32 Å². The second-order valence-corrected chi connectivity index (χ2v) is 4.73. The van der Waals surface area contributed by atoms with Gasteiger partial charge in [-0.05, 0) is 30.4 Å². The third-order valence-corrected chi connectivity index (χ3v) is 2.77. The Morgan fingerprint density at radius 1 is 1.24 bits per heavy atom. The first kappa shape index (κ1) is 13.7. The van der Waals surface area contributed by atoms with Crippen molar-refractivity contribution in [2.75, 3.05) is 6.54 Å². The summed E-state index contributed by atoms with van der Waals surface area (Å²) in [5.74, 6) is 0.464. The Kier molecular flexibility index (Phi) is 5.16. The summed E-state index contributed by atoms with van der Waals surface area (Å²) in [6, 6.07) is 8.10. The Bertz CT molecular complexity index is 355. The van der Waals surface area contributed by atoms with E-state index in [1.807, 2.05) is 0 Å². The fourth-order valence-corrected chi connectivity index (χ4v) is 1.56. The van der Waals surface area contributed by atoms with E-state index in [-0.39, 0.29) is 5.91 Å². The molecule has 0 radical (unpaired) electrons. The van der Waals surface area contributed by atoms with Gasteiger partial charge in [0.15, 0.2) is 0 Å². The monoisotopic (exact) mass is 234 g/mol. The molecular weight excluding hydrogens is 212 g/mol. The zero-order valence-electron chi connectivity index (χ0n) is 10.9. The Hall–Kier alpha value is -1.35. The van der Waals surface area contributed by atoms with Crippen molar-refractivity contribution in [1.29, 1.82) is 0 Å². The minimum Gasteiger partial charge on any atom is -0.354 e. The van der Waals surface area contributed by atoms with Gasteiger partial charge in [0.25, 0.3) is 0 Å². The van der Waals surface area contributed by atoms with Crippen molar-refractivity contribution in [3.05, 3.63) is 35.4 Å². The molecule has 3 heteroatoms. The number of nitrogens with one attached hydrogen (secondary N) is 1. The third kappa shape index (κ3) is 4.57. The van der Waals surface area contributed by atoms with Gasteiger partial charge in [-0.15, -0.1) is 0 Å². The average Bonchev–Trinajstić information content (AvgIpc) is 2.29. The maximum atomic E-state index is 11.2. The van der Waals surface area contributed by atoms with Crippen LogP contribution in [0.1, 0.15) is 37.8 Å². The van der Waals surface area contributed by atoms with E-state index in [2.05, 4.69) is 43.4 Å². The minimum absolute atomic E-state index is 0.0937. The fourth-order valence-electron chi connectivity index (χ4n) is 1.56. The molecule has 0 heterocycles. The molecule has 0 aliphatic heterocycles. The lowest BCUT2D eigenvalue weighted by molar-refractivity contribution is -0.121. The highest BCUT2D eigenvalue weighted by molar-refractivity contribution is 5.80. The van der Waals surface area contributed by atoms with E-state index in [1.54, 1.807) is 6.92 Å². The van der Waals surface area contributed by atoms with E-state index in [0.29, 0.717) is 12.5 Å². The van der Waals surface area contributed by atoms with E-state index < -0.39 is 6.04 Å². The van der Waals surface area contributed by atoms with Crippen molar-refractivity contribution in [3.63, 3.8) is 0 Å². The van der Waals surface area contributed by atoms with Crippen LogP contribution >= 0.6 is 0 Å². The van der Waals surface area contributed by atoms with Crippen molar-refractivity contribution in [3.8, 4) is 0 Å². The van der Waals surface area contributed by atoms with Gasteiger partial charge in [-0.3, -0.25) is 4.79 Å². The number of benzene rings is 1. The van der Waals surface area contributed by atoms with E-state index in [0.717, 1.165) is 6.42 Å². The Morgan fingerprint density at radius 3 is 2.29 bits per heavy atom. The molecule has 94 valence electrons. The normalized spacial score (nSPS) is 12.5. The van der Waals surface area contributed by atoms with Crippen molar-refractivity contribution in [2.24, 2.45) is 5.73 Å². The van der Waals surface area contributed by atoms with Gasteiger partial charge >= 0.3 is 0 Å². The maximum Gasteiger partial charge on any atom is 0.236 e. The number of carbonyl (C=O) groups is 1. The summed E-state index contributed by atoms with van der Waals surface area (Å²) in [7, 11) is 0. The van der Waals surface area contributed by atoms with Crippen LogP contribution in [0.5, 0.6) is 0 Å². The summed E-state index contributed by atoms with van der Waals surface area (Å²) in [5, 5.41) is 2.80. The van der Waals surface area contributed by atoms with E-state index in [4.69, 9.17) is 5.73 Å². The second-order valence-electron chi connectivity index (χ2n) is 4.73. The highest BCUT2D eigenvalue weighted by Crippen LogP contribution is 2.14. The highest BCUT2D eigenvalue weighted by atomic mass is 16.2. The van der Waals surface area contributed by atoms with Crippen LogP contribution in [0, 0.1) is 0 Å². The van der Waals surface area contributed by atoms with Crippen LogP contribution < -0.4 is 11.1 Å². The Balaban J connectivity index is 2.40. The molecule has 0 aliphatic carbocycles. The summed E-state index contributed by atoms with van der Waals surface area (Å²) < 4.78 is 0. The van der Waals surface area contributed by atoms with E-state index in [9.17, 15) is 4.79 Å². The molecule has 0 bridgehead atoms. The SMILES string of the molecule is CC(N)C(=O)NCCc1ccc(C(C)C)cc1. The molecule has 0 aromatic heterocycles. The van der Waals surface area contributed by atoms with Gasteiger partial charge in [0.05, 0.1) is 6.04 Å². The number of hydrogen-bond acceptors (Lipinski definition) is 2. The van der Waals surface area contributed by atoms with Crippen LogP contribution in [-0.4, -0.2) is 18.5 Å². The lowest BCUT2D eigenvalue weighted by atomic mass is 10.0. The maximum absolute atomic E-state index is 11.2. The zero-order chi connectivity index (χ0) is 12.8. The van der Waals surface area contributed by atoms with Crippen molar-refractivity contribution in [2.45, 2.75) is 39.2 Å². The highest BCUT2D eigenvalue weighted by Gasteiger charge is 2.05. The summed E-state index contributed by atoms with van der Waals surface area (Å²) >= 11 is 0. The molecule has 0 aliphatic rings. The number of rotatable bonds is 5. The molecule has 3 N–H and O–H groups in total. The number of hydrogen-bond donors (Lipinski definition) is 2. The standard InChI is InChI=1S/C14H22N2O/c1-10(2)13-6-4-12(5-7-13)8-9-16-14(17)11(3)15/h4-7,10-11H,8-9,15H2,1-3H3,(H,16,17). The molecule has 1 aromatic rings. The van der Waals surface area contributed by atoms with Crippen molar-refractivity contribution < 1.29 is 4.79 Å². The van der Waals surface area contributed by atoms with Crippen molar-refractivity contribution >= 4 is 5.91 Å². The van der Waals surface area contributed by atoms with Crippen LogP contribution in [0.3, 0.4) is 0 Å². The molecule has 1 rings (SSSR count). The predicted octanol–water partition coefficient (Wildman–Crippen LogP) is 1.82. The van der Waals surface area contributed by atoms with Crippen LogP contribution in [0.15, 0.2) is 24.3 Å². The number of carbonyl (C=O) groups excluding carboxylic acids is 1. The molecule has 1 amide bonds. The molecule has 17 heavy (non-hydrogen) atoms. The van der Waals surface area contributed by atoms with E-state index in [1.165, 1.54) is 11.1 Å². The van der Waals surface area contributed by atoms with Crippen LogP contribution in [-0.2, 0) is 11.2 Å². The van der Waals surface area contributed by atoms with Gasteiger partial charge in [0, 0.05) is 6.54 Å². The molecule has 0 saturated heterocycles. The molecule has 1 unspecified atom stereocenters. The first-order valence-electron chi connectivity index (χ1n) is 6.13. The number of nitrogens with two attached hydrogens (primary N) is 1. The first-order chi connectivity index (χ1) is 8.00. The molecular formula is C14H22N2O. The molecule has 0 saturated carbocycles. The van der Waals surface area contributed by atoms with Crippen LogP contribution in [0.4, 0.5) is 0 Å². The van der Waals surface area contributed by atoms with Gasteiger partial charge in [-0.2, -0.15) is 0 Å². The van der Waals surface area contributed by atoms with Gasteiger partial charge in [0.1, 0.15) is 0 Å². The third-order valence-electron chi connectivity index (χ3n) is 2.77. The smallest absolute Gasteiger partial charge is 0.236 e. The predicted molar refractivity (Wildman–Crippen MR) is 70.9 cm³/mol. The Morgan fingerprint density at radius 2 is 1.82 bits per heavy atom. The topological polar surface area (TPSA) is 55.1 Å². The molecule has 0 spiro atoms. The van der Waals surface area contributed by atoms with Gasteiger partial charge in [-0.25, -0.2) is 0 Å². The van der Waals surface area contributed by atoms with Crippen LogP contribution in [0.2, 0.25) is 0 Å². The fraction of sp³-hybridized carbons (Fsp3) is 0.500. The van der Waals surface area contributed by atoms with Gasteiger partial charge in [0.2, 0.25) is 5.91 Å². The zero-order valence-corrected chi connectivity index (χ0v) is 10.9. The quantitative estimate of drug-likeness (QED) is 0.816. The van der Waals surface area contributed by atoms with Crippen LogP contribution in [0.25, 0.3) is 0 Å². The lowest BCUT2D eigenvalue weighted by Gasteiger charge is -2.09. The molecule has 0 fully saturated rings. The summed E-state index contributed by atoms with van der Waals surface area (Å²) in [5.41, 5.74) is 8.03. The van der Waals surface area contributed by atoms with E-state index >= 15 is 0 Å². The molecule has 1 atom stereocenters. The molecule has 1 aromatic carbocycles. The summed E-state index contributed by atoms with van der Waals surface area (Å²) in [6.07, 6.45) is 0.844. The Labute approximate surface area is 103 Å². The van der Waals surface area contributed by atoms with Gasteiger partial charge in [-0.1, -0.05) is 38.1 Å². The molecule has 3 nitrogen and oxygen atoms in total. The second kappa shape index (κ2) is 6.40. The summed E-state index contributed by atoms with van der Waals surface area (Å²) in [4.78, 5) is 11.2. The average molecular weight is 234 g/mol. The number of amides is 1. The van der Waals surface area contributed by atoms with Gasteiger partial charge < -0.3 is 11.1 Å². The first-order valence-corrected chi connectivity index (χ1v) is 6.13. The lowest BCUT2D eigenvalue weighted by Crippen LogP contribution is -2.39. The summed E-state index contributed by atoms with van der Waals surface area (Å²) in [6.45, 7) is 6.68.